The Bertz CT molecular complexity index is 1540. The van der Waals surface area contributed by atoms with Crippen LogP contribution in [-0.4, -0.2) is 134 Å². The average Bonchev–Trinajstić information content (AvgIpc) is 3.70. The van der Waals surface area contributed by atoms with Crippen LogP contribution in [0.5, 0.6) is 0 Å². The van der Waals surface area contributed by atoms with Crippen LogP contribution in [0.4, 0.5) is 0 Å². The van der Waals surface area contributed by atoms with E-state index in [-0.39, 0.29) is 66.0 Å². The van der Waals surface area contributed by atoms with Crippen molar-refractivity contribution in [1.82, 2.24) is 20.0 Å². The van der Waals surface area contributed by atoms with Crippen LogP contribution in [0, 0.1) is 29.6 Å². The van der Waals surface area contributed by atoms with E-state index in [2.05, 4.69) is 5.32 Å². The van der Waals surface area contributed by atoms with Crippen LogP contribution in [0.2, 0.25) is 19.1 Å². The Hall–Kier alpha value is -3.17. The molecule has 0 spiro atoms. The Morgan fingerprint density at radius 2 is 1.52 bits per heavy atom. The second kappa shape index (κ2) is 25.2. The fourth-order valence-electron chi connectivity index (χ4n) is 9.09. The Labute approximate surface area is 368 Å². The molecular weight excluding hydrogens is 793 g/mol. The van der Waals surface area contributed by atoms with Crippen molar-refractivity contribution in [2.45, 2.75) is 168 Å². The van der Waals surface area contributed by atoms with Crippen LogP contribution in [0.3, 0.4) is 0 Å². The molecule has 61 heavy (non-hydrogen) atoms. The molecule has 1 saturated heterocycles. The third kappa shape index (κ3) is 15.5. The summed E-state index contributed by atoms with van der Waals surface area (Å²) in [6.45, 7) is 19.6. The number of rotatable bonds is 26. The third-order valence-electron chi connectivity index (χ3n) is 13.0. The first kappa shape index (κ1) is 54.0. The quantitative estimate of drug-likeness (QED) is 0.0723. The van der Waals surface area contributed by atoms with Gasteiger partial charge in [0.2, 0.25) is 23.6 Å². The molecule has 10 atom stereocenters. The topological polar surface area (TPSA) is 166 Å². The SMILES string of the molecule is CC[C@@H](C)[C@H]([C@H](CC(=O)N1CCC[C@@H]1[C@@H](OC)[C@H](C)C(=O)N[C@@H](C)[C@H](O)c1ccccc1)OC)N(C)C(=O)[C@H](CC(=O)[C@@H](C(C)C)N(C)C(=O)CCCC[Si](C)(C)O)C(C)C. The molecule has 3 N–H and O–H groups in total. The lowest BCUT2D eigenvalue weighted by Gasteiger charge is -2.41. The highest BCUT2D eigenvalue weighted by Gasteiger charge is 2.43. The van der Waals surface area contributed by atoms with Gasteiger partial charge in [-0.25, -0.2) is 0 Å². The fraction of sp³-hybridized carbons (Fsp3) is 0.766. The summed E-state index contributed by atoms with van der Waals surface area (Å²) in [5.74, 6) is -2.62. The highest BCUT2D eigenvalue weighted by atomic mass is 28.4. The van der Waals surface area contributed by atoms with Gasteiger partial charge in [-0.05, 0) is 68.6 Å². The normalized spacial score (nSPS) is 19.0. The number of methoxy groups -OCH3 is 2. The molecule has 1 aromatic carbocycles. The summed E-state index contributed by atoms with van der Waals surface area (Å²) in [4.78, 5) is 85.0. The molecular formula is C47H82N4O9Si. The van der Waals surface area contributed by atoms with Crippen molar-refractivity contribution in [1.29, 1.82) is 0 Å². The number of hydrogen-bond acceptors (Lipinski definition) is 9. The van der Waals surface area contributed by atoms with Crippen molar-refractivity contribution in [3.05, 3.63) is 35.9 Å². The fourth-order valence-corrected chi connectivity index (χ4v) is 10.2. The van der Waals surface area contributed by atoms with Crippen LogP contribution >= 0.6 is 0 Å². The molecule has 1 heterocycles. The smallest absolute Gasteiger partial charge is 0.226 e. The monoisotopic (exact) mass is 875 g/mol. The number of likely N-dealkylation sites (tertiary alicyclic amines) is 1. The van der Waals surface area contributed by atoms with Crippen LogP contribution in [0.25, 0.3) is 0 Å². The second-order valence-corrected chi connectivity index (χ2v) is 23.1. The number of ketones is 1. The highest BCUT2D eigenvalue weighted by Crippen LogP contribution is 2.31. The van der Waals surface area contributed by atoms with Crippen LogP contribution in [-0.2, 0) is 33.4 Å². The zero-order chi connectivity index (χ0) is 46.4. The van der Waals surface area contributed by atoms with E-state index in [1.807, 2.05) is 85.0 Å². The minimum Gasteiger partial charge on any atom is -0.432 e. The number of nitrogens with zero attached hydrogens (tertiary/aromatic N) is 3. The average molecular weight is 875 g/mol. The predicted octanol–water partition coefficient (Wildman–Crippen LogP) is 6.23. The van der Waals surface area contributed by atoms with Gasteiger partial charge < -0.3 is 39.4 Å². The van der Waals surface area contributed by atoms with Gasteiger partial charge in [-0.3, -0.25) is 24.0 Å². The first-order valence-electron chi connectivity index (χ1n) is 22.7. The lowest BCUT2D eigenvalue weighted by Crippen LogP contribution is -2.55. The summed E-state index contributed by atoms with van der Waals surface area (Å²) in [6, 6.07) is 7.79. The highest BCUT2D eigenvalue weighted by molar-refractivity contribution is 6.69. The van der Waals surface area contributed by atoms with E-state index in [9.17, 15) is 33.9 Å². The van der Waals surface area contributed by atoms with Gasteiger partial charge in [0.15, 0.2) is 14.1 Å². The van der Waals surface area contributed by atoms with Gasteiger partial charge in [-0.15, -0.1) is 0 Å². The maximum absolute atomic E-state index is 14.6. The number of benzene rings is 1. The molecule has 1 fully saturated rings. The molecule has 0 radical (unpaired) electrons. The zero-order valence-corrected chi connectivity index (χ0v) is 41.0. The Balaban J connectivity index is 2.25. The van der Waals surface area contributed by atoms with Crippen molar-refractivity contribution in [3.63, 3.8) is 0 Å². The summed E-state index contributed by atoms with van der Waals surface area (Å²) < 4.78 is 12.0. The Morgan fingerprint density at radius 1 is 0.902 bits per heavy atom. The maximum Gasteiger partial charge on any atom is 0.226 e. The lowest BCUT2D eigenvalue weighted by atomic mass is 9.83. The first-order valence-corrected chi connectivity index (χ1v) is 25.8. The number of nitrogens with one attached hydrogen (secondary N) is 1. The summed E-state index contributed by atoms with van der Waals surface area (Å²) in [7, 11) is 4.30. The van der Waals surface area contributed by atoms with E-state index in [0.717, 1.165) is 12.8 Å². The molecule has 2 rings (SSSR count). The van der Waals surface area contributed by atoms with E-state index >= 15 is 0 Å². The van der Waals surface area contributed by atoms with E-state index in [0.29, 0.717) is 43.8 Å². The number of Topliss-reactive ketones (excluding diaryl/α,β-unsaturated/α-hetero) is 1. The van der Waals surface area contributed by atoms with Crippen LogP contribution < -0.4 is 5.32 Å². The Morgan fingerprint density at radius 3 is 2.05 bits per heavy atom. The van der Waals surface area contributed by atoms with Crippen molar-refractivity contribution in [3.8, 4) is 0 Å². The molecule has 4 amide bonds. The molecule has 1 aromatic rings. The van der Waals surface area contributed by atoms with E-state index in [1.54, 1.807) is 56.9 Å². The molecule has 1 aliphatic heterocycles. The summed E-state index contributed by atoms with van der Waals surface area (Å²) >= 11 is 0. The van der Waals surface area contributed by atoms with Gasteiger partial charge in [0.05, 0.1) is 54.8 Å². The molecule has 0 aromatic heterocycles. The van der Waals surface area contributed by atoms with Crippen molar-refractivity contribution < 1.29 is 43.3 Å². The number of hydrogen-bond donors (Lipinski definition) is 3. The van der Waals surface area contributed by atoms with Gasteiger partial charge in [0, 0.05) is 53.6 Å². The standard InChI is InChI=1S/C47H82N4O9Si/c1-15-32(6)43(50(10)47(57)36(30(2)3)28-38(52)42(31(4)5)49(9)40(53)25-19-20-27-61(13,14)58)39(59-11)29-41(54)51-26-21-24-37(51)45(60-12)33(7)46(56)48-34(8)44(55)35-22-17-16-18-23-35/h16-18,22-23,30-34,36-37,39,42-45,55,58H,15,19-21,24-29H2,1-14H3,(H,48,56)/t32-,33+,34+,36-,37-,39+,42-,43-,44+,45+/m1/s1. The Kier molecular flexibility index (Phi) is 22.3. The van der Waals surface area contributed by atoms with Gasteiger partial charge in [0.25, 0.3) is 0 Å². The molecule has 1 aliphatic rings. The van der Waals surface area contributed by atoms with Crippen molar-refractivity contribution >= 4 is 37.7 Å². The largest absolute Gasteiger partial charge is 0.432 e. The molecule has 14 heteroatoms. The molecule has 0 saturated carbocycles. The molecule has 0 unspecified atom stereocenters. The van der Waals surface area contributed by atoms with Crippen molar-refractivity contribution in [2.75, 3.05) is 34.9 Å². The maximum atomic E-state index is 14.6. The second-order valence-electron chi connectivity index (χ2n) is 19.0. The summed E-state index contributed by atoms with van der Waals surface area (Å²) in [5, 5.41) is 13.8. The van der Waals surface area contributed by atoms with Gasteiger partial charge >= 0.3 is 0 Å². The number of amides is 4. The van der Waals surface area contributed by atoms with Crippen molar-refractivity contribution in [2.24, 2.45) is 29.6 Å². The summed E-state index contributed by atoms with van der Waals surface area (Å²) in [6.07, 6.45) is 1.61. The number of unbranched alkanes of at least 4 members (excludes halogenated alkanes) is 1. The third-order valence-corrected chi connectivity index (χ3v) is 14.6. The van der Waals surface area contributed by atoms with Crippen LogP contribution in [0.1, 0.15) is 118 Å². The number of carbonyl (C=O) groups is 5. The minimum absolute atomic E-state index is 0.00251. The summed E-state index contributed by atoms with van der Waals surface area (Å²) in [5.41, 5.74) is 0.700. The molecule has 13 nitrogen and oxygen atoms in total. The van der Waals surface area contributed by atoms with Crippen LogP contribution in [0.15, 0.2) is 30.3 Å². The lowest BCUT2D eigenvalue weighted by molar-refractivity contribution is -0.150. The number of likely N-dealkylation sites (N-methyl/N-ethyl adjacent to an activating group) is 2. The van der Waals surface area contributed by atoms with Gasteiger partial charge in [-0.2, -0.15) is 0 Å². The minimum atomic E-state index is -2.20. The van der Waals surface area contributed by atoms with Gasteiger partial charge in [0.1, 0.15) is 0 Å². The van der Waals surface area contributed by atoms with E-state index in [1.165, 1.54) is 0 Å². The number of aliphatic hydroxyl groups excluding tert-OH is 1. The molecule has 0 aliphatic carbocycles. The predicted molar refractivity (Wildman–Crippen MR) is 243 cm³/mol. The number of ether oxygens (including phenoxy) is 2. The van der Waals surface area contributed by atoms with E-state index in [4.69, 9.17) is 9.47 Å². The first-order chi connectivity index (χ1) is 28.5. The number of aliphatic hydroxyl groups is 1. The molecule has 0 bridgehead atoms. The molecule has 348 valence electrons. The number of carbonyl (C=O) groups excluding carboxylic acids is 5. The van der Waals surface area contributed by atoms with Gasteiger partial charge in [-0.1, -0.05) is 91.6 Å². The zero-order valence-electron chi connectivity index (χ0n) is 40.0. The van der Waals surface area contributed by atoms with E-state index < -0.39 is 56.6 Å².